The van der Waals surface area contributed by atoms with Crippen LogP contribution in [-0.4, -0.2) is 6.04 Å². The first kappa shape index (κ1) is 15.8. The van der Waals surface area contributed by atoms with Crippen molar-refractivity contribution >= 4 is 11.6 Å². The first-order chi connectivity index (χ1) is 10.0. The van der Waals surface area contributed by atoms with Crippen LogP contribution in [0.25, 0.3) is 0 Å². The summed E-state index contributed by atoms with van der Waals surface area (Å²) in [7, 11) is 0. The zero-order chi connectivity index (χ0) is 15.4. The van der Waals surface area contributed by atoms with Crippen LogP contribution in [0.15, 0.2) is 42.5 Å². The summed E-state index contributed by atoms with van der Waals surface area (Å²) in [4.78, 5) is 0. The van der Waals surface area contributed by atoms with Gasteiger partial charge in [-0.25, -0.2) is 4.39 Å². The van der Waals surface area contributed by atoms with E-state index in [0.717, 1.165) is 17.5 Å². The normalized spacial score (nSPS) is 13.8. The van der Waals surface area contributed by atoms with E-state index in [1.807, 2.05) is 38.1 Å². The standard InChI is InChI=1S/C17H19ClFNO/c1-3-14(20)17(12-8-5-4-7-11(12)2)21-15-10-6-9-13(18)16(15)19/h4-10,14,17H,3,20H2,1-2H3. The SMILES string of the molecule is CCC(N)C(Oc1cccc(Cl)c1F)c1ccccc1C. The molecule has 0 saturated carbocycles. The second-order valence-corrected chi connectivity index (χ2v) is 5.43. The van der Waals surface area contributed by atoms with E-state index in [4.69, 9.17) is 22.1 Å². The van der Waals surface area contributed by atoms with E-state index in [-0.39, 0.29) is 16.8 Å². The van der Waals surface area contributed by atoms with Gasteiger partial charge in [0, 0.05) is 6.04 Å². The highest BCUT2D eigenvalue weighted by Gasteiger charge is 2.23. The van der Waals surface area contributed by atoms with Gasteiger partial charge in [0.2, 0.25) is 0 Å². The fourth-order valence-corrected chi connectivity index (χ4v) is 2.38. The third kappa shape index (κ3) is 3.55. The van der Waals surface area contributed by atoms with Crippen molar-refractivity contribution in [1.29, 1.82) is 0 Å². The first-order valence-corrected chi connectivity index (χ1v) is 7.34. The molecule has 2 N–H and O–H groups in total. The molecule has 2 rings (SSSR count). The molecule has 0 amide bonds. The molecule has 0 aliphatic rings. The Morgan fingerprint density at radius 1 is 1.19 bits per heavy atom. The largest absolute Gasteiger partial charge is 0.481 e. The summed E-state index contributed by atoms with van der Waals surface area (Å²) < 4.78 is 19.9. The number of halogens is 2. The lowest BCUT2D eigenvalue weighted by molar-refractivity contribution is 0.163. The van der Waals surface area contributed by atoms with Crippen LogP contribution in [0.3, 0.4) is 0 Å². The molecule has 2 unspecified atom stereocenters. The maximum absolute atomic E-state index is 14.0. The van der Waals surface area contributed by atoms with Crippen molar-refractivity contribution in [2.75, 3.05) is 0 Å². The maximum atomic E-state index is 14.0. The lowest BCUT2D eigenvalue weighted by atomic mass is 9.97. The van der Waals surface area contributed by atoms with E-state index in [1.165, 1.54) is 6.07 Å². The van der Waals surface area contributed by atoms with Gasteiger partial charge in [-0.3, -0.25) is 0 Å². The molecule has 0 radical (unpaired) electrons. The highest BCUT2D eigenvalue weighted by Crippen LogP contribution is 2.31. The van der Waals surface area contributed by atoms with Crippen LogP contribution in [0.1, 0.15) is 30.6 Å². The fraction of sp³-hybridized carbons (Fsp3) is 0.294. The Kier molecular flexibility index (Phi) is 5.21. The molecule has 2 atom stereocenters. The van der Waals surface area contributed by atoms with Crippen molar-refractivity contribution in [3.05, 3.63) is 64.4 Å². The highest BCUT2D eigenvalue weighted by molar-refractivity contribution is 6.30. The van der Waals surface area contributed by atoms with E-state index in [1.54, 1.807) is 12.1 Å². The molecule has 0 saturated heterocycles. The lowest BCUT2D eigenvalue weighted by Gasteiger charge is -2.26. The Morgan fingerprint density at radius 3 is 2.57 bits per heavy atom. The molecular formula is C17H19ClFNO. The summed E-state index contributed by atoms with van der Waals surface area (Å²) in [6, 6.07) is 12.3. The van der Waals surface area contributed by atoms with Gasteiger partial charge in [0.25, 0.3) is 0 Å². The van der Waals surface area contributed by atoms with Gasteiger partial charge in [0.1, 0.15) is 6.10 Å². The van der Waals surface area contributed by atoms with Crippen LogP contribution < -0.4 is 10.5 Å². The van der Waals surface area contributed by atoms with Gasteiger partial charge in [0.05, 0.1) is 5.02 Å². The average Bonchev–Trinajstić information content (AvgIpc) is 2.49. The summed E-state index contributed by atoms with van der Waals surface area (Å²) in [5.41, 5.74) is 8.20. The van der Waals surface area contributed by atoms with E-state index in [0.29, 0.717) is 0 Å². The molecule has 112 valence electrons. The maximum Gasteiger partial charge on any atom is 0.183 e. The minimum atomic E-state index is -0.555. The fourth-order valence-electron chi connectivity index (χ4n) is 2.21. The molecule has 0 spiro atoms. The summed E-state index contributed by atoms with van der Waals surface area (Å²) in [5, 5.41) is 0.0427. The quantitative estimate of drug-likeness (QED) is 0.873. The van der Waals surface area contributed by atoms with Crippen molar-refractivity contribution in [3.63, 3.8) is 0 Å². The van der Waals surface area contributed by atoms with Crippen LogP contribution in [0.5, 0.6) is 5.75 Å². The third-order valence-electron chi connectivity index (χ3n) is 3.53. The Labute approximate surface area is 129 Å². The molecule has 0 fully saturated rings. The number of aryl methyl sites for hydroxylation is 1. The first-order valence-electron chi connectivity index (χ1n) is 6.96. The number of benzene rings is 2. The molecule has 0 aliphatic carbocycles. The van der Waals surface area contributed by atoms with Crippen LogP contribution >= 0.6 is 11.6 Å². The van der Waals surface area contributed by atoms with Gasteiger partial charge in [0.15, 0.2) is 11.6 Å². The molecule has 0 bridgehead atoms. The van der Waals surface area contributed by atoms with E-state index < -0.39 is 11.9 Å². The summed E-state index contributed by atoms with van der Waals surface area (Å²) in [5.74, 6) is -0.430. The summed E-state index contributed by atoms with van der Waals surface area (Å²) >= 11 is 5.80. The van der Waals surface area contributed by atoms with Crippen molar-refractivity contribution in [2.45, 2.75) is 32.4 Å². The van der Waals surface area contributed by atoms with Gasteiger partial charge in [-0.15, -0.1) is 0 Å². The molecule has 2 aromatic rings. The number of nitrogens with two attached hydrogens (primary N) is 1. The Balaban J connectivity index is 2.38. The lowest BCUT2D eigenvalue weighted by Crippen LogP contribution is -2.32. The minimum Gasteiger partial charge on any atom is -0.481 e. The second kappa shape index (κ2) is 6.92. The topological polar surface area (TPSA) is 35.2 Å². The van der Waals surface area contributed by atoms with Crippen LogP contribution in [-0.2, 0) is 0 Å². The van der Waals surface area contributed by atoms with Gasteiger partial charge in [-0.2, -0.15) is 0 Å². The summed E-state index contributed by atoms with van der Waals surface area (Å²) in [6.45, 7) is 3.97. The zero-order valence-electron chi connectivity index (χ0n) is 12.1. The molecule has 0 aliphatic heterocycles. The molecule has 2 aromatic carbocycles. The molecule has 0 aromatic heterocycles. The second-order valence-electron chi connectivity index (χ2n) is 5.02. The molecular weight excluding hydrogens is 289 g/mol. The van der Waals surface area contributed by atoms with Gasteiger partial charge in [-0.05, 0) is 36.6 Å². The van der Waals surface area contributed by atoms with E-state index in [2.05, 4.69) is 0 Å². The summed E-state index contributed by atoms with van der Waals surface area (Å²) in [6.07, 6.45) is 0.311. The average molecular weight is 308 g/mol. The van der Waals surface area contributed by atoms with Gasteiger partial charge >= 0.3 is 0 Å². The van der Waals surface area contributed by atoms with Crippen LogP contribution in [0.2, 0.25) is 5.02 Å². The molecule has 2 nitrogen and oxygen atoms in total. The smallest absolute Gasteiger partial charge is 0.183 e. The van der Waals surface area contributed by atoms with Crippen molar-refractivity contribution < 1.29 is 9.13 Å². The van der Waals surface area contributed by atoms with Gasteiger partial charge in [-0.1, -0.05) is 48.9 Å². The highest BCUT2D eigenvalue weighted by atomic mass is 35.5. The third-order valence-corrected chi connectivity index (χ3v) is 3.82. The number of rotatable bonds is 5. The Bertz CT molecular complexity index is 617. The predicted molar refractivity (Wildman–Crippen MR) is 84.2 cm³/mol. The van der Waals surface area contributed by atoms with Crippen molar-refractivity contribution in [3.8, 4) is 5.75 Å². The monoisotopic (exact) mass is 307 g/mol. The number of hydrogen-bond donors (Lipinski definition) is 1. The molecule has 4 heteroatoms. The molecule has 21 heavy (non-hydrogen) atoms. The van der Waals surface area contributed by atoms with Crippen molar-refractivity contribution in [2.24, 2.45) is 5.73 Å². The predicted octanol–water partition coefficient (Wildman–Crippen LogP) is 4.64. The van der Waals surface area contributed by atoms with E-state index >= 15 is 0 Å². The Morgan fingerprint density at radius 2 is 1.90 bits per heavy atom. The van der Waals surface area contributed by atoms with Crippen LogP contribution in [0.4, 0.5) is 4.39 Å². The van der Waals surface area contributed by atoms with Gasteiger partial charge < -0.3 is 10.5 Å². The minimum absolute atomic E-state index is 0.0427. The molecule has 0 heterocycles. The van der Waals surface area contributed by atoms with Crippen molar-refractivity contribution in [1.82, 2.24) is 0 Å². The van der Waals surface area contributed by atoms with Crippen LogP contribution in [0, 0.1) is 12.7 Å². The zero-order valence-corrected chi connectivity index (χ0v) is 12.9. The Hall–Kier alpha value is -1.58. The number of hydrogen-bond acceptors (Lipinski definition) is 2. The van der Waals surface area contributed by atoms with E-state index in [9.17, 15) is 4.39 Å². The number of ether oxygens (including phenoxy) is 1.